The molecule has 0 aliphatic rings. The van der Waals surface area contributed by atoms with Crippen molar-refractivity contribution in [3.63, 3.8) is 0 Å². The molecule has 0 spiro atoms. The molecule has 3 heteroatoms. The number of benzene rings is 9. The van der Waals surface area contributed by atoms with Crippen LogP contribution in [0.5, 0.6) is 0 Å². The maximum Gasteiger partial charge on any atom is 0.143 e. The summed E-state index contributed by atoms with van der Waals surface area (Å²) >= 11 is 0. The molecule has 0 aliphatic heterocycles. The van der Waals surface area contributed by atoms with Crippen molar-refractivity contribution >= 4 is 71.7 Å². The highest BCUT2D eigenvalue weighted by Crippen LogP contribution is 2.44. The van der Waals surface area contributed by atoms with Gasteiger partial charge in [0.2, 0.25) is 0 Å². The number of nitrogens with zero attached hydrogens (tertiary/aromatic N) is 1. The Labute approximate surface area is 317 Å². The van der Waals surface area contributed by atoms with E-state index >= 15 is 0 Å². The number of furan rings is 2. The van der Waals surface area contributed by atoms with E-state index in [-0.39, 0.29) is 0 Å². The van der Waals surface area contributed by atoms with Crippen LogP contribution in [0.3, 0.4) is 0 Å². The molecule has 0 bridgehead atoms. The molecular weight excluding hydrogens is 671 g/mol. The second kappa shape index (κ2) is 12.6. The average molecular weight is 704 g/mol. The van der Waals surface area contributed by atoms with E-state index in [4.69, 9.17) is 8.83 Å². The summed E-state index contributed by atoms with van der Waals surface area (Å²) in [4.78, 5) is 2.36. The van der Waals surface area contributed by atoms with Crippen molar-refractivity contribution in [3.05, 3.63) is 200 Å². The van der Waals surface area contributed by atoms with Crippen molar-refractivity contribution in [1.29, 1.82) is 0 Å². The number of anilines is 3. The van der Waals surface area contributed by atoms with Crippen LogP contribution in [0.25, 0.3) is 88.0 Å². The van der Waals surface area contributed by atoms with E-state index < -0.39 is 0 Å². The van der Waals surface area contributed by atoms with Crippen molar-refractivity contribution in [3.8, 4) is 33.4 Å². The molecule has 2 aromatic heterocycles. The van der Waals surface area contributed by atoms with E-state index in [9.17, 15) is 0 Å². The van der Waals surface area contributed by atoms with Crippen molar-refractivity contribution in [1.82, 2.24) is 0 Å². The highest BCUT2D eigenvalue weighted by Gasteiger charge is 2.20. The smallest absolute Gasteiger partial charge is 0.143 e. The van der Waals surface area contributed by atoms with E-state index in [0.717, 1.165) is 83.2 Å². The minimum absolute atomic E-state index is 0.878. The lowest BCUT2D eigenvalue weighted by molar-refractivity contribution is 0.669. The second-order valence-electron chi connectivity index (χ2n) is 14.1. The standard InChI is InChI=1S/C52H33NO2/c1-2-13-40-34(11-1)12-9-17-41(40)35-23-28-38(29-24-35)53(39-30-25-36(26-31-39)43-18-10-19-47-45-16-5-8-22-50(45)55-52(43)47)48-20-6-3-14-42(48)37-27-32-46-44-15-4-7-21-49(44)54-51(46)33-37/h1-33H. The lowest BCUT2D eigenvalue weighted by atomic mass is 9.97. The van der Waals surface area contributed by atoms with Crippen LogP contribution >= 0.6 is 0 Å². The number of rotatable bonds is 6. The van der Waals surface area contributed by atoms with Crippen molar-refractivity contribution in [2.45, 2.75) is 0 Å². The van der Waals surface area contributed by atoms with E-state index in [1.807, 2.05) is 24.3 Å². The normalized spacial score (nSPS) is 11.6. The Balaban J connectivity index is 1.05. The molecule has 0 unspecified atom stereocenters. The maximum absolute atomic E-state index is 6.43. The first-order valence-electron chi connectivity index (χ1n) is 18.7. The molecule has 2 heterocycles. The topological polar surface area (TPSA) is 29.5 Å². The summed E-state index contributed by atoms with van der Waals surface area (Å²) in [6, 6.07) is 71.0. The summed E-state index contributed by atoms with van der Waals surface area (Å²) in [5, 5.41) is 6.99. The van der Waals surface area contributed by atoms with Gasteiger partial charge in [0, 0.05) is 44.0 Å². The Kier molecular flexibility index (Phi) is 7.17. The Bertz CT molecular complexity index is 3200. The molecule has 0 aliphatic carbocycles. The SMILES string of the molecule is c1ccc(N(c2ccc(-c3cccc4ccccc34)cc2)c2ccc(-c3cccc4c3oc3ccccc34)cc2)c(-c2ccc3c(c2)oc2ccccc23)c1. The number of fused-ring (bicyclic) bond motifs is 7. The molecule has 11 rings (SSSR count). The lowest BCUT2D eigenvalue weighted by Gasteiger charge is -2.28. The van der Waals surface area contributed by atoms with Crippen LogP contribution in [0.4, 0.5) is 17.1 Å². The fraction of sp³-hybridized carbons (Fsp3) is 0. The zero-order chi connectivity index (χ0) is 36.3. The minimum atomic E-state index is 0.878. The van der Waals surface area contributed by atoms with Gasteiger partial charge in [-0.15, -0.1) is 0 Å². The van der Waals surface area contributed by atoms with Gasteiger partial charge in [0.1, 0.15) is 22.3 Å². The van der Waals surface area contributed by atoms with Gasteiger partial charge in [0.25, 0.3) is 0 Å². The van der Waals surface area contributed by atoms with Gasteiger partial charge in [-0.2, -0.15) is 0 Å². The van der Waals surface area contributed by atoms with Gasteiger partial charge in [-0.25, -0.2) is 0 Å². The molecule has 0 fully saturated rings. The third kappa shape index (κ3) is 5.20. The van der Waals surface area contributed by atoms with Gasteiger partial charge in [-0.05, 0) is 87.6 Å². The van der Waals surface area contributed by atoms with Crippen LogP contribution in [-0.2, 0) is 0 Å². The average Bonchev–Trinajstić information content (AvgIpc) is 3.83. The van der Waals surface area contributed by atoms with E-state index in [0.29, 0.717) is 0 Å². The Morgan fingerprint density at radius 2 is 0.818 bits per heavy atom. The first-order chi connectivity index (χ1) is 27.3. The van der Waals surface area contributed by atoms with Crippen LogP contribution in [0, 0.1) is 0 Å². The molecular formula is C52H33NO2. The molecule has 55 heavy (non-hydrogen) atoms. The molecule has 0 atom stereocenters. The van der Waals surface area contributed by atoms with Crippen LogP contribution in [0.2, 0.25) is 0 Å². The number of hydrogen-bond donors (Lipinski definition) is 0. The summed E-state index contributed by atoms with van der Waals surface area (Å²) in [5.41, 5.74) is 13.5. The zero-order valence-corrected chi connectivity index (χ0v) is 29.8. The molecule has 11 aromatic rings. The number of hydrogen-bond acceptors (Lipinski definition) is 3. The third-order valence-corrected chi connectivity index (χ3v) is 10.9. The molecule has 0 saturated heterocycles. The largest absolute Gasteiger partial charge is 0.456 e. The van der Waals surface area contributed by atoms with Crippen LogP contribution < -0.4 is 4.90 Å². The Hall–Kier alpha value is -7.36. The maximum atomic E-state index is 6.43. The van der Waals surface area contributed by atoms with Gasteiger partial charge >= 0.3 is 0 Å². The van der Waals surface area contributed by atoms with Gasteiger partial charge in [-0.3, -0.25) is 0 Å². The molecule has 0 radical (unpaired) electrons. The predicted molar refractivity (Wildman–Crippen MR) is 229 cm³/mol. The summed E-state index contributed by atoms with van der Waals surface area (Å²) in [6.07, 6.45) is 0. The fourth-order valence-electron chi connectivity index (χ4n) is 8.27. The van der Waals surface area contributed by atoms with E-state index in [1.165, 1.54) is 21.9 Å². The Morgan fingerprint density at radius 1 is 0.309 bits per heavy atom. The van der Waals surface area contributed by atoms with Gasteiger partial charge in [0.15, 0.2) is 0 Å². The van der Waals surface area contributed by atoms with E-state index in [1.54, 1.807) is 0 Å². The highest BCUT2D eigenvalue weighted by molar-refractivity contribution is 6.10. The first-order valence-corrected chi connectivity index (χ1v) is 18.7. The van der Waals surface area contributed by atoms with Gasteiger partial charge in [-0.1, -0.05) is 146 Å². The lowest BCUT2D eigenvalue weighted by Crippen LogP contribution is -2.11. The monoisotopic (exact) mass is 703 g/mol. The third-order valence-electron chi connectivity index (χ3n) is 10.9. The fourth-order valence-corrected chi connectivity index (χ4v) is 8.27. The molecule has 9 aromatic carbocycles. The highest BCUT2D eigenvalue weighted by atomic mass is 16.3. The molecule has 0 N–H and O–H groups in total. The van der Waals surface area contributed by atoms with Crippen LogP contribution in [-0.4, -0.2) is 0 Å². The van der Waals surface area contributed by atoms with Gasteiger partial charge in [0.05, 0.1) is 5.69 Å². The van der Waals surface area contributed by atoms with Gasteiger partial charge < -0.3 is 13.7 Å². The summed E-state index contributed by atoms with van der Waals surface area (Å²) in [6.45, 7) is 0. The molecule has 258 valence electrons. The molecule has 3 nitrogen and oxygen atoms in total. The zero-order valence-electron chi connectivity index (χ0n) is 29.8. The first kappa shape index (κ1) is 31.2. The summed E-state index contributed by atoms with van der Waals surface area (Å²) in [7, 11) is 0. The van der Waals surface area contributed by atoms with Crippen molar-refractivity contribution in [2.75, 3.05) is 4.90 Å². The molecule has 0 saturated carbocycles. The van der Waals surface area contributed by atoms with Crippen molar-refractivity contribution < 1.29 is 8.83 Å². The van der Waals surface area contributed by atoms with E-state index in [2.05, 4.69) is 181 Å². The predicted octanol–water partition coefficient (Wildman–Crippen LogP) is 15.1. The second-order valence-corrected chi connectivity index (χ2v) is 14.1. The van der Waals surface area contributed by atoms with Crippen molar-refractivity contribution in [2.24, 2.45) is 0 Å². The number of para-hydroxylation sites is 4. The van der Waals surface area contributed by atoms with Crippen LogP contribution in [0.1, 0.15) is 0 Å². The minimum Gasteiger partial charge on any atom is -0.456 e. The molecule has 0 amide bonds. The van der Waals surface area contributed by atoms with Crippen LogP contribution in [0.15, 0.2) is 209 Å². The quantitative estimate of drug-likeness (QED) is 0.173. The Morgan fingerprint density at radius 3 is 1.60 bits per heavy atom. The summed E-state index contributed by atoms with van der Waals surface area (Å²) in [5.74, 6) is 0. The summed E-state index contributed by atoms with van der Waals surface area (Å²) < 4.78 is 12.8.